The summed E-state index contributed by atoms with van der Waals surface area (Å²) in [6, 6.07) is 1.95. The zero-order valence-corrected chi connectivity index (χ0v) is 59.2. The van der Waals surface area contributed by atoms with Crippen LogP contribution in [0, 0.1) is 6.92 Å². The van der Waals surface area contributed by atoms with Gasteiger partial charge in [-0.3, -0.25) is 24.0 Å². The first-order chi connectivity index (χ1) is 41.4. The van der Waals surface area contributed by atoms with Crippen LogP contribution in [0.15, 0.2) is 23.2 Å². The maximum atomic E-state index is 13.2. The number of esters is 3. The maximum absolute atomic E-state index is 13.2. The number of nitrogens with two attached hydrogens (primary N) is 1. The fourth-order valence-electron chi connectivity index (χ4n) is 7.34. The summed E-state index contributed by atoms with van der Waals surface area (Å²) in [6.07, 6.45) is 5.02. The molecule has 0 heterocycles. The molecule has 0 spiro atoms. The lowest BCUT2D eigenvalue weighted by molar-refractivity contribution is -0.159. The van der Waals surface area contributed by atoms with Crippen molar-refractivity contribution in [2.24, 2.45) is 10.7 Å². The largest absolute Gasteiger partial charge is 0.462 e. The van der Waals surface area contributed by atoms with Gasteiger partial charge in [-0.2, -0.15) is 0 Å². The molecule has 24 heteroatoms. The minimum atomic E-state index is -1.21. The number of carbonyl (C=O) groups is 10. The van der Waals surface area contributed by atoms with Crippen LogP contribution in [0.2, 0.25) is 0 Å². The van der Waals surface area contributed by atoms with E-state index < -0.39 is 82.2 Å². The van der Waals surface area contributed by atoms with Gasteiger partial charge in [0.1, 0.15) is 45.7 Å². The first-order valence-corrected chi connectivity index (χ1v) is 31.7. The highest BCUT2D eigenvalue weighted by Crippen LogP contribution is 2.20. The monoisotopic (exact) mass is 1280 g/mol. The number of aliphatic imine (C=N–C) groups is 1. The normalized spacial score (nSPS) is 12.3. The predicted molar refractivity (Wildman–Crippen MR) is 350 cm³/mol. The first-order valence-electron chi connectivity index (χ1n) is 31.7. The van der Waals surface area contributed by atoms with E-state index in [1.165, 1.54) is 0 Å². The standard InChI is InChI=1S/C57H96N8O14.C5H10O2.2C2H6/c1-38-36-39(29-30-40(38)37-65(52(74)79-57(14,15)16)49(58)64-51(73)78-56(11,12)13)46(69)61-35-24-19-23-33-59-43(66)27-20-17-18-21-28-44(67)60-34-25-22-26-41(47(70)76-54(5,6)7)62-50(72)63-42(48(71)77-55(8,9)10)31-32-45(68)75-53(2,3)4;1-5(2,3)7-4-6;2*1-2/h29-30,36,41-42H,17-28,31-35,37H2,1-16H3,(H,59,66)(H,60,67)(H,61,69)(H2,58,64,73)(H2,62,63,72);4H,1-3H3;2*1-2H3. The third-order valence-corrected chi connectivity index (χ3v) is 11.1. The van der Waals surface area contributed by atoms with Crippen LogP contribution >= 0.6 is 0 Å². The summed E-state index contributed by atoms with van der Waals surface area (Å²) in [5, 5.41) is 13.9. The molecule has 0 saturated carbocycles. The molecule has 0 fully saturated rings. The number of unbranched alkanes of at least 4 members (excludes halogenated alkanes) is 6. The molecular weight excluding hydrogens is 1160 g/mol. The number of ether oxygens (including phenoxy) is 6. The summed E-state index contributed by atoms with van der Waals surface area (Å²) < 4.78 is 31.7. The summed E-state index contributed by atoms with van der Waals surface area (Å²) in [7, 11) is 0. The van der Waals surface area contributed by atoms with Gasteiger partial charge >= 0.3 is 36.1 Å². The van der Waals surface area contributed by atoms with Crippen molar-refractivity contribution < 1.29 is 76.4 Å². The number of aryl methyl sites for hydroxylation is 1. The highest BCUT2D eigenvalue weighted by molar-refractivity contribution is 5.98. The number of amides is 7. The van der Waals surface area contributed by atoms with E-state index in [2.05, 4.69) is 36.3 Å². The van der Waals surface area contributed by atoms with Crippen LogP contribution in [-0.4, -0.2) is 137 Å². The molecule has 90 heavy (non-hydrogen) atoms. The van der Waals surface area contributed by atoms with Crippen molar-refractivity contribution in [1.29, 1.82) is 0 Å². The van der Waals surface area contributed by atoms with E-state index in [0.717, 1.165) is 30.6 Å². The lowest BCUT2D eigenvalue weighted by atomic mass is 10.0. The van der Waals surface area contributed by atoms with Gasteiger partial charge in [0.15, 0.2) is 0 Å². The Morgan fingerprint density at radius 2 is 0.944 bits per heavy atom. The van der Waals surface area contributed by atoms with Crippen molar-refractivity contribution in [3.8, 4) is 0 Å². The Morgan fingerprint density at radius 1 is 0.522 bits per heavy atom. The number of rotatable bonds is 29. The van der Waals surface area contributed by atoms with Crippen LogP contribution in [-0.2, 0) is 63.7 Å². The molecule has 518 valence electrons. The number of hydrogen-bond acceptors (Lipinski definition) is 16. The second kappa shape index (κ2) is 43.7. The van der Waals surface area contributed by atoms with Gasteiger partial charge in [-0.05, 0) is 213 Å². The first kappa shape index (κ1) is 87.2. The van der Waals surface area contributed by atoms with E-state index in [-0.39, 0.29) is 49.1 Å². The number of carbonyl (C=O) groups excluding carboxylic acids is 10. The molecule has 24 nitrogen and oxygen atoms in total. The molecule has 0 aliphatic carbocycles. The zero-order chi connectivity index (χ0) is 70.3. The second-order valence-electron chi connectivity index (χ2n) is 26.8. The molecule has 7 N–H and O–H groups in total. The molecule has 0 saturated heterocycles. The molecule has 0 radical (unpaired) electrons. The molecule has 1 aromatic carbocycles. The number of benzene rings is 1. The van der Waals surface area contributed by atoms with Crippen LogP contribution in [0.25, 0.3) is 0 Å². The van der Waals surface area contributed by atoms with E-state index in [1.807, 2.05) is 48.5 Å². The molecule has 0 aliphatic rings. The van der Waals surface area contributed by atoms with Crippen molar-refractivity contribution in [2.45, 2.75) is 301 Å². The van der Waals surface area contributed by atoms with Crippen LogP contribution in [0.1, 0.15) is 264 Å². The fraction of sp³-hybridized carbons (Fsp3) is 0.742. The average molecular weight is 1280 g/mol. The van der Waals surface area contributed by atoms with Crippen molar-refractivity contribution in [2.75, 3.05) is 19.6 Å². The van der Waals surface area contributed by atoms with Gasteiger partial charge in [0, 0.05) is 44.5 Å². The molecule has 1 aromatic rings. The average Bonchev–Trinajstić information content (AvgIpc) is 2.94. The smallest absolute Gasteiger partial charge is 0.437 e. The summed E-state index contributed by atoms with van der Waals surface area (Å²) >= 11 is 0. The Hall–Kier alpha value is -7.01. The zero-order valence-electron chi connectivity index (χ0n) is 59.2. The van der Waals surface area contributed by atoms with E-state index in [4.69, 9.17) is 29.4 Å². The lowest BCUT2D eigenvalue weighted by Crippen LogP contribution is -2.53. The Morgan fingerprint density at radius 3 is 1.36 bits per heavy atom. The third kappa shape index (κ3) is 48.9. The number of hydrogen-bond donors (Lipinski definition) is 6. The van der Waals surface area contributed by atoms with Crippen molar-refractivity contribution in [3.05, 3.63) is 34.9 Å². The van der Waals surface area contributed by atoms with Gasteiger partial charge in [0.2, 0.25) is 17.8 Å². The van der Waals surface area contributed by atoms with Crippen LogP contribution in [0.4, 0.5) is 14.4 Å². The lowest BCUT2D eigenvalue weighted by Gasteiger charge is -2.27. The molecule has 0 aromatic heterocycles. The quantitative estimate of drug-likeness (QED) is 0.0108. The van der Waals surface area contributed by atoms with E-state index >= 15 is 0 Å². The second-order valence-corrected chi connectivity index (χ2v) is 26.8. The highest BCUT2D eigenvalue weighted by atomic mass is 16.6. The molecular formula is C66H118N8O16. The minimum absolute atomic E-state index is 0.0397. The Balaban J connectivity index is -0.00000633. The number of guanidine groups is 1. The molecule has 2 unspecified atom stereocenters. The number of nitrogens with one attached hydrogen (secondary N) is 5. The predicted octanol–water partition coefficient (Wildman–Crippen LogP) is 11.5. The Kier molecular flexibility index (Phi) is 42.3. The van der Waals surface area contributed by atoms with Crippen molar-refractivity contribution in [3.63, 3.8) is 0 Å². The Labute approximate surface area is 538 Å². The van der Waals surface area contributed by atoms with Gasteiger partial charge in [-0.25, -0.2) is 28.9 Å². The SMILES string of the molecule is CC.CC.CC(C)(C)OC=O.Cc1cc(C(=O)NCCCCCNC(=O)CCCCCCC(=O)NCCCCC(NC(=O)NC(CCC(=O)OC(C)(C)C)C(=O)OC(C)(C)C)C(=O)OC(C)(C)C)ccc1CN(C(=O)OC(C)(C)C)/C(N)=N/C(=O)OC(C)(C)C. The number of urea groups is 1. The molecule has 0 aliphatic heterocycles. The fourth-order valence-corrected chi connectivity index (χ4v) is 7.34. The summed E-state index contributed by atoms with van der Waals surface area (Å²) in [4.78, 5) is 130. The summed E-state index contributed by atoms with van der Waals surface area (Å²) in [5.41, 5.74) is 3.47. The van der Waals surface area contributed by atoms with Crippen LogP contribution < -0.4 is 32.3 Å². The third-order valence-electron chi connectivity index (χ3n) is 11.1. The van der Waals surface area contributed by atoms with Gasteiger partial charge in [0.25, 0.3) is 12.4 Å². The van der Waals surface area contributed by atoms with Crippen molar-refractivity contribution in [1.82, 2.24) is 31.5 Å². The topological polar surface area (TPSA) is 328 Å². The Bertz CT molecular complexity index is 2390. The maximum Gasteiger partial charge on any atom is 0.437 e. The van der Waals surface area contributed by atoms with Gasteiger partial charge in [-0.1, -0.05) is 46.6 Å². The van der Waals surface area contributed by atoms with E-state index in [9.17, 15) is 47.9 Å². The van der Waals surface area contributed by atoms with E-state index in [0.29, 0.717) is 87.7 Å². The van der Waals surface area contributed by atoms with Gasteiger partial charge in [0.05, 0.1) is 6.54 Å². The molecule has 1 rings (SSSR count). The van der Waals surface area contributed by atoms with Crippen molar-refractivity contribution >= 4 is 66.3 Å². The van der Waals surface area contributed by atoms with Crippen LogP contribution in [0.5, 0.6) is 0 Å². The molecule has 7 amide bonds. The summed E-state index contributed by atoms with van der Waals surface area (Å²) in [6.45, 7) is 42.4. The highest BCUT2D eigenvalue weighted by Gasteiger charge is 2.32. The minimum Gasteiger partial charge on any atom is -0.462 e. The van der Waals surface area contributed by atoms with Gasteiger partial charge < -0.3 is 60.7 Å². The van der Waals surface area contributed by atoms with E-state index in [1.54, 1.807) is 129 Å². The van der Waals surface area contributed by atoms with Crippen LogP contribution in [0.3, 0.4) is 0 Å². The number of nitrogens with zero attached hydrogens (tertiary/aromatic N) is 2. The molecule has 2 atom stereocenters. The van der Waals surface area contributed by atoms with Gasteiger partial charge in [-0.15, -0.1) is 4.99 Å². The summed E-state index contributed by atoms with van der Waals surface area (Å²) in [5.74, 6) is -2.77. The molecule has 0 bridgehead atoms.